The molecule has 1 rings (SSSR count). The van der Waals surface area contributed by atoms with E-state index in [-0.39, 0.29) is 0 Å². The van der Waals surface area contributed by atoms with Crippen molar-refractivity contribution in [2.24, 2.45) is 11.8 Å². The van der Waals surface area contributed by atoms with Crippen molar-refractivity contribution in [2.45, 2.75) is 19.8 Å². The predicted molar refractivity (Wildman–Crippen MR) is 33.8 cm³/mol. The number of hydrogen-bond acceptors (Lipinski definition) is 1. The van der Waals surface area contributed by atoms with Crippen LogP contribution in [0.15, 0.2) is 0 Å². The average molecular weight is 114 g/mol. The maximum atomic E-state index is 4.94. The molecule has 0 bridgehead atoms. The Morgan fingerprint density at radius 2 is 2.25 bits per heavy atom. The Morgan fingerprint density at radius 3 is 2.62 bits per heavy atom. The molecule has 1 fully saturated rings. The van der Waals surface area contributed by atoms with Crippen molar-refractivity contribution >= 4 is 0 Å². The first-order valence-electron chi connectivity index (χ1n) is 3.33. The van der Waals surface area contributed by atoms with E-state index in [1.54, 1.807) is 7.11 Å². The smallest absolute Gasteiger partial charge is 0.0465 e. The topological polar surface area (TPSA) is 9.23 Å². The summed E-state index contributed by atoms with van der Waals surface area (Å²) in [5, 5.41) is 0. The molecule has 0 N–H and O–H groups in total. The van der Waals surface area contributed by atoms with Gasteiger partial charge in [-0.3, -0.25) is 0 Å². The molecule has 0 radical (unpaired) electrons. The molecular weight excluding hydrogens is 100 g/mol. The van der Waals surface area contributed by atoms with Gasteiger partial charge in [0.15, 0.2) is 0 Å². The van der Waals surface area contributed by atoms with Crippen molar-refractivity contribution in [3.05, 3.63) is 0 Å². The quantitative estimate of drug-likeness (QED) is 0.542. The summed E-state index contributed by atoms with van der Waals surface area (Å²) in [5.41, 5.74) is 0. The fraction of sp³-hybridized carbons (Fsp3) is 1.00. The molecule has 1 nitrogen and oxygen atoms in total. The summed E-state index contributed by atoms with van der Waals surface area (Å²) in [4.78, 5) is 0. The summed E-state index contributed by atoms with van der Waals surface area (Å²) in [6.07, 6.45) is 2.71. The summed E-state index contributed by atoms with van der Waals surface area (Å²) in [6, 6.07) is 0. The first-order chi connectivity index (χ1) is 3.84. The van der Waals surface area contributed by atoms with Gasteiger partial charge in [-0.15, -0.1) is 0 Å². The number of rotatable bonds is 3. The van der Waals surface area contributed by atoms with Crippen molar-refractivity contribution < 1.29 is 4.74 Å². The number of methoxy groups -OCH3 is 1. The second-order valence-corrected chi connectivity index (χ2v) is 2.75. The lowest BCUT2D eigenvalue weighted by molar-refractivity contribution is 0.188. The molecular formula is C7H14O. The normalized spacial score (nSPS) is 35.2. The average Bonchev–Trinajstić information content (AvgIpc) is 2.42. The highest BCUT2D eigenvalue weighted by molar-refractivity contribution is 4.81. The summed E-state index contributed by atoms with van der Waals surface area (Å²) in [7, 11) is 1.77. The highest BCUT2D eigenvalue weighted by atomic mass is 16.5. The molecule has 1 unspecified atom stereocenters. The van der Waals surface area contributed by atoms with Gasteiger partial charge >= 0.3 is 0 Å². The highest BCUT2D eigenvalue weighted by Gasteiger charge is 2.31. The maximum absolute atomic E-state index is 4.94. The summed E-state index contributed by atoms with van der Waals surface area (Å²) in [6.45, 7) is 3.26. The van der Waals surface area contributed by atoms with Crippen LogP contribution in [-0.2, 0) is 4.74 Å². The van der Waals surface area contributed by atoms with Gasteiger partial charge in [0.25, 0.3) is 0 Å². The molecule has 0 saturated heterocycles. The van der Waals surface area contributed by atoms with Crippen molar-refractivity contribution in [1.29, 1.82) is 0 Å². The maximum Gasteiger partial charge on any atom is 0.0465 e. The van der Waals surface area contributed by atoms with Crippen molar-refractivity contribution in [1.82, 2.24) is 0 Å². The van der Waals surface area contributed by atoms with Gasteiger partial charge in [-0.2, -0.15) is 0 Å². The molecule has 0 aromatic rings. The van der Waals surface area contributed by atoms with Gasteiger partial charge in [0, 0.05) is 13.7 Å². The van der Waals surface area contributed by atoms with E-state index in [1.165, 1.54) is 12.8 Å². The van der Waals surface area contributed by atoms with E-state index in [2.05, 4.69) is 6.92 Å². The molecule has 0 aromatic heterocycles. The van der Waals surface area contributed by atoms with Crippen LogP contribution in [0.3, 0.4) is 0 Å². The van der Waals surface area contributed by atoms with Crippen LogP contribution in [-0.4, -0.2) is 13.7 Å². The SMILES string of the molecule is COCC[C@@H]1CC1C. The van der Waals surface area contributed by atoms with E-state index >= 15 is 0 Å². The Morgan fingerprint density at radius 1 is 1.62 bits per heavy atom. The number of ether oxygens (including phenoxy) is 1. The summed E-state index contributed by atoms with van der Waals surface area (Å²) in [5.74, 6) is 1.99. The Bertz CT molecular complexity index is 70.8. The molecule has 8 heavy (non-hydrogen) atoms. The third kappa shape index (κ3) is 1.48. The van der Waals surface area contributed by atoms with E-state index in [9.17, 15) is 0 Å². The Labute approximate surface area is 51.0 Å². The molecule has 0 aromatic carbocycles. The summed E-state index contributed by atoms with van der Waals surface area (Å²) >= 11 is 0. The van der Waals surface area contributed by atoms with Crippen LogP contribution < -0.4 is 0 Å². The van der Waals surface area contributed by atoms with E-state index in [4.69, 9.17) is 4.74 Å². The van der Waals surface area contributed by atoms with Gasteiger partial charge in [0.2, 0.25) is 0 Å². The molecule has 0 aliphatic heterocycles. The molecule has 0 amide bonds. The van der Waals surface area contributed by atoms with Crippen LogP contribution in [0.1, 0.15) is 19.8 Å². The van der Waals surface area contributed by atoms with Crippen molar-refractivity contribution in [3.63, 3.8) is 0 Å². The molecule has 0 spiro atoms. The van der Waals surface area contributed by atoms with Gasteiger partial charge in [0.05, 0.1) is 0 Å². The monoisotopic (exact) mass is 114 g/mol. The molecule has 2 atom stereocenters. The van der Waals surface area contributed by atoms with E-state index in [0.29, 0.717) is 0 Å². The molecule has 1 aliphatic rings. The Kier molecular flexibility index (Phi) is 1.90. The van der Waals surface area contributed by atoms with Gasteiger partial charge < -0.3 is 4.74 Å². The zero-order valence-corrected chi connectivity index (χ0v) is 5.68. The third-order valence-electron chi connectivity index (χ3n) is 1.97. The lowest BCUT2D eigenvalue weighted by Crippen LogP contribution is -1.89. The fourth-order valence-corrected chi connectivity index (χ4v) is 1.07. The highest BCUT2D eigenvalue weighted by Crippen LogP contribution is 2.40. The van der Waals surface area contributed by atoms with E-state index in [0.717, 1.165) is 18.4 Å². The Hall–Kier alpha value is -0.0400. The summed E-state index contributed by atoms with van der Waals surface area (Å²) < 4.78 is 4.94. The first-order valence-corrected chi connectivity index (χ1v) is 3.33. The second-order valence-electron chi connectivity index (χ2n) is 2.75. The van der Waals surface area contributed by atoms with Crippen LogP contribution in [0.25, 0.3) is 0 Å². The van der Waals surface area contributed by atoms with Crippen LogP contribution in [0.2, 0.25) is 0 Å². The first kappa shape index (κ1) is 6.09. The molecule has 1 heteroatoms. The number of hydrogen-bond donors (Lipinski definition) is 0. The molecule has 48 valence electrons. The van der Waals surface area contributed by atoms with Crippen LogP contribution in [0, 0.1) is 11.8 Å². The predicted octanol–water partition coefficient (Wildman–Crippen LogP) is 1.68. The fourth-order valence-electron chi connectivity index (χ4n) is 1.07. The standard InChI is InChI=1S/C7H14O/c1-6-5-7(6)3-4-8-2/h6-7H,3-5H2,1-2H3/t6?,7-/m1/s1. The van der Waals surface area contributed by atoms with Crippen molar-refractivity contribution in [3.8, 4) is 0 Å². The largest absolute Gasteiger partial charge is 0.385 e. The van der Waals surface area contributed by atoms with Gasteiger partial charge in [-0.05, 0) is 24.7 Å². The van der Waals surface area contributed by atoms with Crippen LogP contribution >= 0.6 is 0 Å². The lowest BCUT2D eigenvalue weighted by Gasteiger charge is -1.93. The third-order valence-corrected chi connectivity index (χ3v) is 1.97. The minimum Gasteiger partial charge on any atom is -0.385 e. The minimum atomic E-state index is 0.953. The minimum absolute atomic E-state index is 0.953. The van der Waals surface area contributed by atoms with Gasteiger partial charge in [0.1, 0.15) is 0 Å². The molecule has 1 saturated carbocycles. The zero-order valence-electron chi connectivity index (χ0n) is 5.68. The molecule has 1 aliphatic carbocycles. The lowest BCUT2D eigenvalue weighted by atomic mass is 10.3. The van der Waals surface area contributed by atoms with Crippen LogP contribution in [0.5, 0.6) is 0 Å². The van der Waals surface area contributed by atoms with Crippen LogP contribution in [0.4, 0.5) is 0 Å². The van der Waals surface area contributed by atoms with Gasteiger partial charge in [-0.25, -0.2) is 0 Å². The zero-order chi connectivity index (χ0) is 5.98. The van der Waals surface area contributed by atoms with E-state index in [1.807, 2.05) is 0 Å². The Balaban J connectivity index is 1.89. The second kappa shape index (κ2) is 2.49. The van der Waals surface area contributed by atoms with Gasteiger partial charge in [-0.1, -0.05) is 6.92 Å². The van der Waals surface area contributed by atoms with Crippen molar-refractivity contribution in [2.75, 3.05) is 13.7 Å². The molecule has 0 heterocycles. The van der Waals surface area contributed by atoms with E-state index < -0.39 is 0 Å².